The minimum absolute atomic E-state index is 0. The standard InChI is InChI=1S/C21H26N6O4.CH4/c1-30-14-19(28)26-5-7-27(8-6-26)21-24-11-17(12-25-21)16-4-2-3-15(9-16)13-31-20(29)10-18(22)23;/h2-4,9,11-12H,5-8,10,13-14H2,1H3,(H3,22,23);1H4. The Hall–Kier alpha value is -3.53. The Bertz CT molecular complexity index is 926. The van der Waals surface area contributed by atoms with Crippen LogP contribution >= 0.6 is 0 Å². The van der Waals surface area contributed by atoms with E-state index < -0.39 is 5.97 Å². The average Bonchev–Trinajstić information content (AvgIpc) is 2.78. The van der Waals surface area contributed by atoms with Gasteiger partial charge in [-0.3, -0.25) is 15.0 Å². The molecule has 0 radical (unpaired) electrons. The van der Waals surface area contributed by atoms with Crippen molar-refractivity contribution in [1.82, 2.24) is 14.9 Å². The van der Waals surface area contributed by atoms with Gasteiger partial charge in [0.25, 0.3) is 0 Å². The molecule has 172 valence electrons. The van der Waals surface area contributed by atoms with Gasteiger partial charge >= 0.3 is 5.97 Å². The van der Waals surface area contributed by atoms with Crippen LogP contribution in [0.5, 0.6) is 0 Å². The van der Waals surface area contributed by atoms with Crippen LogP contribution in [0.15, 0.2) is 36.7 Å². The number of nitrogens with zero attached hydrogens (tertiary/aromatic N) is 4. The fourth-order valence-corrected chi connectivity index (χ4v) is 3.22. The van der Waals surface area contributed by atoms with Gasteiger partial charge in [0.05, 0.1) is 0 Å². The van der Waals surface area contributed by atoms with E-state index >= 15 is 0 Å². The molecule has 32 heavy (non-hydrogen) atoms. The highest BCUT2D eigenvalue weighted by Gasteiger charge is 2.22. The van der Waals surface area contributed by atoms with Gasteiger partial charge in [-0.05, 0) is 17.2 Å². The van der Waals surface area contributed by atoms with E-state index in [1.165, 1.54) is 7.11 Å². The zero-order valence-electron chi connectivity index (χ0n) is 17.4. The Morgan fingerprint density at radius 1 is 1.12 bits per heavy atom. The van der Waals surface area contributed by atoms with Crippen molar-refractivity contribution < 1.29 is 19.1 Å². The van der Waals surface area contributed by atoms with Crippen LogP contribution in [0.2, 0.25) is 0 Å². The van der Waals surface area contributed by atoms with Crippen LogP contribution in [-0.2, 0) is 25.7 Å². The van der Waals surface area contributed by atoms with E-state index in [4.69, 9.17) is 20.6 Å². The number of ether oxygens (including phenoxy) is 2. The maximum absolute atomic E-state index is 11.9. The van der Waals surface area contributed by atoms with E-state index in [-0.39, 0.29) is 38.8 Å². The van der Waals surface area contributed by atoms with Crippen molar-refractivity contribution in [3.8, 4) is 11.1 Å². The third kappa shape index (κ3) is 6.74. The molecule has 1 saturated heterocycles. The van der Waals surface area contributed by atoms with Crippen molar-refractivity contribution in [2.24, 2.45) is 5.73 Å². The molecule has 1 amide bonds. The van der Waals surface area contributed by atoms with Crippen molar-refractivity contribution >= 4 is 23.7 Å². The summed E-state index contributed by atoms with van der Waals surface area (Å²) in [5.74, 6) is -0.143. The highest BCUT2D eigenvalue weighted by atomic mass is 16.5. The van der Waals surface area contributed by atoms with Gasteiger partial charge in [-0.1, -0.05) is 25.6 Å². The maximum Gasteiger partial charge on any atom is 0.313 e. The third-order valence-electron chi connectivity index (χ3n) is 4.82. The molecule has 0 bridgehead atoms. The zero-order valence-corrected chi connectivity index (χ0v) is 17.4. The van der Waals surface area contributed by atoms with Gasteiger partial charge in [-0.2, -0.15) is 0 Å². The second kappa shape index (κ2) is 11.8. The summed E-state index contributed by atoms with van der Waals surface area (Å²) in [5, 5.41) is 7.13. The number of carbonyl (C=O) groups is 2. The number of hydrogen-bond donors (Lipinski definition) is 2. The van der Waals surface area contributed by atoms with Gasteiger partial charge in [0.1, 0.15) is 25.5 Å². The minimum Gasteiger partial charge on any atom is -0.460 e. The summed E-state index contributed by atoms with van der Waals surface area (Å²) >= 11 is 0. The monoisotopic (exact) mass is 442 g/mol. The fraction of sp³-hybridized carbons (Fsp3) is 0.409. The lowest BCUT2D eigenvalue weighted by Gasteiger charge is -2.34. The summed E-state index contributed by atoms with van der Waals surface area (Å²) in [6.45, 7) is 2.74. The number of aromatic nitrogens is 2. The number of carbonyl (C=O) groups excluding carboxylic acids is 2. The van der Waals surface area contributed by atoms with Gasteiger partial charge < -0.3 is 25.0 Å². The molecule has 0 saturated carbocycles. The Kier molecular flexibility index (Phi) is 9.08. The highest BCUT2D eigenvalue weighted by Crippen LogP contribution is 2.21. The summed E-state index contributed by atoms with van der Waals surface area (Å²) in [7, 11) is 1.51. The molecular weight excluding hydrogens is 412 g/mol. The van der Waals surface area contributed by atoms with Crippen molar-refractivity contribution in [2.45, 2.75) is 20.5 Å². The molecule has 1 fully saturated rings. The molecule has 3 rings (SSSR count). The van der Waals surface area contributed by atoms with Crippen LogP contribution in [0.1, 0.15) is 19.4 Å². The molecule has 2 heterocycles. The number of nitrogens with two attached hydrogens (primary N) is 1. The van der Waals surface area contributed by atoms with Gasteiger partial charge in [0.15, 0.2) is 0 Å². The maximum atomic E-state index is 11.9. The number of rotatable bonds is 8. The number of piperazine rings is 1. The fourth-order valence-electron chi connectivity index (χ4n) is 3.22. The van der Waals surface area contributed by atoms with Crippen LogP contribution in [0.3, 0.4) is 0 Å². The topological polar surface area (TPSA) is 135 Å². The molecule has 1 aliphatic rings. The third-order valence-corrected chi connectivity index (χ3v) is 4.82. The van der Waals surface area contributed by atoms with Crippen LogP contribution in [-0.4, -0.2) is 72.5 Å². The van der Waals surface area contributed by atoms with E-state index in [9.17, 15) is 9.59 Å². The first-order valence-corrected chi connectivity index (χ1v) is 9.88. The normalized spacial score (nSPS) is 13.3. The Morgan fingerprint density at radius 2 is 1.81 bits per heavy atom. The molecule has 0 atom stereocenters. The molecule has 1 aliphatic heterocycles. The lowest BCUT2D eigenvalue weighted by molar-refractivity contribution is -0.143. The SMILES string of the molecule is C.COCC(=O)N1CCN(c2ncc(-c3cccc(COC(=O)CC(=N)N)c3)cn2)CC1. The van der Waals surface area contributed by atoms with Crippen LogP contribution in [0, 0.1) is 5.41 Å². The lowest BCUT2D eigenvalue weighted by Crippen LogP contribution is -2.50. The molecule has 0 spiro atoms. The Balaban J connectivity index is 0.00000363. The first kappa shape index (κ1) is 24.7. The number of nitrogens with one attached hydrogen (secondary N) is 1. The summed E-state index contributed by atoms with van der Waals surface area (Å²) in [6, 6.07) is 7.55. The molecular formula is C22H30N6O4. The van der Waals surface area contributed by atoms with E-state index in [1.807, 2.05) is 29.2 Å². The quantitative estimate of drug-likeness (QED) is 0.356. The first-order valence-electron chi connectivity index (χ1n) is 9.88. The average molecular weight is 443 g/mol. The molecule has 0 unspecified atom stereocenters. The molecule has 1 aromatic carbocycles. The number of hydrogen-bond acceptors (Lipinski definition) is 8. The van der Waals surface area contributed by atoms with Gasteiger partial charge in [0.2, 0.25) is 11.9 Å². The minimum atomic E-state index is -0.533. The smallest absolute Gasteiger partial charge is 0.313 e. The van der Waals surface area contributed by atoms with Crippen molar-refractivity contribution in [3.63, 3.8) is 0 Å². The molecule has 1 aromatic heterocycles. The van der Waals surface area contributed by atoms with Crippen LogP contribution < -0.4 is 10.6 Å². The number of amidine groups is 1. The van der Waals surface area contributed by atoms with Gasteiger partial charge in [-0.25, -0.2) is 9.97 Å². The molecule has 10 nitrogen and oxygen atoms in total. The number of esters is 1. The summed E-state index contributed by atoms with van der Waals surface area (Å²) in [5.41, 5.74) is 7.77. The zero-order chi connectivity index (χ0) is 22.2. The van der Waals surface area contributed by atoms with Crippen molar-refractivity contribution in [1.29, 1.82) is 5.41 Å². The highest BCUT2D eigenvalue weighted by molar-refractivity contribution is 5.94. The molecule has 10 heteroatoms. The summed E-state index contributed by atoms with van der Waals surface area (Å²) < 4.78 is 10.0. The first-order chi connectivity index (χ1) is 15.0. The van der Waals surface area contributed by atoms with Gasteiger partial charge in [0, 0.05) is 51.2 Å². The molecule has 0 aliphatic carbocycles. The van der Waals surface area contributed by atoms with E-state index in [0.717, 1.165) is 16.7 Å². The van der Waals surface area contributed by atoms with Crippen LogP contribution in [0.4, 0.5) is 5.95 Å². The number of amides is 1. The summed E-state index contributed by atoms with van der Waals surface area (Å²) in [6.07, 6.45) is 3.29. The largest absolute Gasteiger partial charge is 0.460 e. The van der Waals surface area contributed by atoms with E-state index in [1.54, 1.807) is 17.3 Å². The van der Waals surface area contributed by atoms with E-state index in [2.05, 4.69) is 9.97 Å². The Morgan fingerprint density at radius 3 is 2.44 bits per heavy atom. The summed E-state index contributed by atoms with van der Waals surface area (Å²) in [4.78, 5) is 36.3. The van der Waals surface area contributed by atoms with Crippen LogP contribution in [0.25, 0.3) is 11.1 Å². The van der Waals surface area contributed by atoms with E-state index in [0.29, 0.717) is 32.1 Å². The number of anilines is 1. The molecule has 3 N–H and O–H groups in total. The van der Waals surface area contributed by atoms with Crippen molar-refractivity contribution in [3.05, 3.63) is 42.2 Å². The molecule has 2 aromatic rings. The number of methoxy groups -OCH3 is 1. The second-order valence-electron chi connectivity index (χ2n) is 7.14. The lowest BCUT2D eigenvalue weighted by atomic mass is 10.1. The van der Waals surface area contributed by atoms with Crippen molar-refractivity contribution in [2.75, 3.05) is 44.8 Å². The van der Waals surface area contributed by atoms with Gasteiger partial charge in [-0.15, -0.1) is 0 Å². The Labute approximate surface area is 187 Å². The predicted molar refractivity (Wildman–Crippen MR) is 121 cm³/mol. The predicted octanol–water partition coefficient (Wildman–Crippen LogP) is 1.44. The second-order valence-corrected chi connectivity index (χ2v) is 7.14. The number of benzene rings is 1.